The molecule has 0 aliphatic carbocycles. The predicted octanol–water partition coefficient (Wildman–Crippen LogP) is 0.466. The summed E-state index contributed by atoms with van der Waals surface area (Å²) in [7, 11) is 0. The van der Waals surface area contributed by atoms with E-state index in [0.717, 1.165) is 3.57 Å². The molecule has 0 unspecified atom stereocenters. The summed E-state index contributed by atoms with van der Waals surface area (Å²) in [6.45, 7) is -0.306. The van der Waals surface area contributed by atoms with Gasteiger partial charge in [0.05, 0.1) is 12.1 Å². The number of carbonyl (C=O) groups excluding carboxylic acids is 1. The lowest BCUT2D eigenvalue weighted by Crippen LogP contribution is -2.36. The largest absolute Gasteiger partial charge is 0.479 e. The molecule has 0 aromatic heterocycles. The normalized spacial score (nSPS) is 11.9. The minimum atomic E-state index is -1.58. The van der Waals surface area contributed by atoms with Crippen LogP contribution in [-0.2, 0) is 4.79 Å². The van der Waals surface area contributed by atoms with E-state index >= 15 is 0 Å². The first-order valence-corrected chi connectivity index (χ1v) is 5.54. The highest BCUT2D eigenvalue weighted by atomic mass is 127. The van der Waals surface area contributed by atoms with Gasteiger partial charge in [-0.05, 0) is 34.7 Å². The molecule has 0 bridgehead atoms. The van der Waals surface area contributed by atoms with Crippen molar-refractivity contribution >= 4 is 34.5 Å². The summed E-state index contributed by atoms with van der Waals surface area (Å²) in [5, 5.41) is 19.7. The molecule has 0 aliphatic heterocycles. The fraction of sp³-hybridized carbons (Fsp3) is 0.200. The SMILES string of the molecule is O=C(NC[C@H](O)C(=O)O)c1ccccc1I. The lowest BCUT2D eigenvalue weighted by atomic mass is 10.2. The molecule has 0 heterocycles. The van der Waals surface area contributed by atoms with Crippen molar-refractivity contribution in [3.63, 3.8) is 0 Å². The van der Waals surface area contributed by atoms with E-state index in [1.807, 2.05) is 22.6 Å². The van der Waals surface area contributed by atoms with Gasteiger partial charge >= 0.3 is 5.97 Å². The van der Waals surface area contributed by atoms with Crippen molar-refractivity contribution in [2.75, 3.05) is 6.54 Å². The van der Waals surface area contributed by atoms with Gasteiger partial charge in [0, 0.05) is 3.57 Å². The summed E-state index contributed by atoms with van der Waals surface area (Å²) < 4.78 is 0.766. The van der Waals surface area contributed by atoms with Crippen molar-refractivity contribution in [2.24, 2.45) is 0 Å². The van der Waals surface area contributed by atoms with E-state index in [2.05, 4.69) is 5.32 Å². The number of carboxylic acid groups (broad SMARTS) is 1. The average molecular weight is 335 g/mol. The third-order valence-corrected chi connectivity index (χ3v) is 2.80. The Morgan fingerprint density at radius 2 is 2.00 bits per heavy atom. The number of rotatable bonds is 4. The number of aliphatic hydroxyl groups excluding tert-OH is 1. The van der Waals surface area contributed by atoms with Gasteiger partial charge in [0.2, 0.25) is 0 Å². The highest BCUT2D eigenvalue weighted by Gasteiger charge is 2.15. The maximum Gasteiger partial charge on any atom is 0.334 e. The van der Waals surface area contributed by atoms with E-state index in [9.17, 15) is 9.59 Å². The van der Waals surface area contributed by atoms with Crippen molar-refractivity contribution in [1.82, 2.24) is 5.32 Å². The lowest BCUT2D eigenvalue weighted by Gasteiger charge is -2.08. The zero-order valence-electron chi connectivity index (χ0n) is 8.18. The number of aliphatic carboxylic acids is 1. The molecule has 0 saturated carbocycles. The maximum absolute atomic E-state index is 11.6. The third kappa shape index (κ3) is 3.46. The molecule has 3 N–H and O–H groups in total. The first-order valence-electron chi connectivity index (χ1n) is 4.46. The van der Waals surface area contributed by atoms with Gasteiger partial charge in [0.1, 0.15) is 0 Å². The summed E-state index contributed by atoms with van der Waals surface area (Å²) in [5.41, 5.74) is 0.459. The molecule has 86 valence electrons. The molecule has 16 heavy (non-hydrogen) atoms. The van der Waals surface area contributed by atoms with Crippen LogP contribution in [0.4, 0.5) is 0 Å². The van der Waals surface area contributed by atoms with E-state index in [1.54, 1.807) is 24.3 Å². The smallest absolute Gasteiger partial charge is 0.334 e. The molecule has 0 saturated heterocycles. The number of carbonyl (C=O) groups is 2. The van der Waals surface area contributed by atoms with Crippen molar-refractivity contribution in [1.29, 1.82) is 0 Å². The first-order chi connectivity index (χ1) is 7.52. The molecule has 0 aliphatic rings. The predicted molar refractivity (Wildman–Crippen MR) is 65.1 cm³/mol. The van der Waals surface area contributed by atoms with E-state index in [1.165, 1.54) is 0 Å². The highest BCUT2D eigenvalue weighted by molar-refractivity contribution is 14.1. The van der Waals surface area contributed by atoms with Crippen LogP contribution in [0.2, 0.25) is 0 Å². The Kier molecular flexibility index (Phi) is 4.69. The van der Waals surface area contributed by atoms with Crippen molar-refractivity contribution in [2.45, 2.75) is 6.10 Å². The second-order valence-corrected chi connectivity index (χ2v) is 4.21. The van der Waals surface area contributed by atoms with Gasteiger partial charge in [-0.2, -0.15) is 0 Å². The Morgan fingerprint density at radius 3 is 2.56 bits per heavy atom. The molecule has 5 nitrogen and oxygen atoms in total. The van der Waals surface area contributed by atoms with E-state index in [4.69, 9.17) is 10.2 Å². The molecular formula is C10H10INO4. The van der Waals surface area contributed by atoms with Crippen LogP contribution in [0.15, 0.2) is 24.3 Å². The third-order valence-electron chi connectivity index (χ3n) is 1.86. The molecule has 0 fully saturated rings. The van der Waals surface area contributed by atoms with Gasteiger partial charge in [-0.3, -0.25) is 4.79 Å². The summed E-state index contributed by atoms with van der Waals surface area (Å²) in [6.07, 6.45) is -1.58. The van der Waals surface area contributed by atoms with Crippen LogP contribution in [0.1, 0.15) is 10.4 Å². The van der Waals surface area contributed by atoms with Crippen molar-refractivity contribution < 1.29 is 19.8 Å². The van der Waals surface area contributed by atoms with Crippen molar-refractivity contribution in [3.05, 3.63) is 33.4 Å². The summed E-state index contributed by atoms with van der Waals surface area (Å²) in [5.74, 6) is -1.76. The molecule has 6 heteroatoms. The van der Waals surface area contributed by atoms with Gasteiger partial charge in [0.15, 0.2) is 6.10 Å². The van der Waals surface area contributed by atoms with Gasteiger partial charge in [-0.15, -0.1) is 0 Å². The Labute approximate surface area is 106 Å². The number of carboxylic acids is 1. The van der Waals surface area contributed by atoms with Crippen LogP contribution in [0.3, 0.4) is 0 Å². The summed E-state index contributed by atoms with van der Waals surface area (Å²) in [6, 6.07) is 6.91. The van der Waals surface area contributed by atoms with Crippen LogP contribution >= 0.6 is 22.6 Å². The Morgan fingerprint density at radius 1 is 1.38 bits per heavy atom. The van der Waals surface area contributed by atoms with Crippen LogP contribution in [0.25, 0.3) is 0 Å². The number of hydrogen-bond donors (Lipinski definition) is 3. The quantitative estimate of drug-likeness (QED) is 0.698. The zero-order valence-corrected chi connectivity index (χ0v) is 10.3. The van der Waals surface area contributed by atoms with E-state index in [0.29, 0.717) is 5.56 Å². The second kappa shape index (κ2) is 5.80. The highest BCUT2D eigenvalue weighted by Crippen LogP contribution is 2.10. The monoisotopic (exact) mass is 335 g/mol. The Balaban J connectivity index is 2.60. The number of halogens is 1. The molecule has 1 amide bonds. The van der Waals surface area contributed by atoms with Crippen LogP contribution in [-0.4, -0.2) is 34.7 Å². The standard InChI is InChI=1S/C10H10INO4/c11-7-4-2-1-3-6(7)9(14)12-5-8(13)10(15)16/h1-4,8,13H,5H2,(H,12,14)(H,15,16)/t8-/m0/s1. The zero-order chi connectivity index (χ0) is 12.1. The molecule has 1 atom stereocenters. The van der Waals surface area contributed by atoms with Crippen LogP contribution in [0.5, 0.6) is 0 Å². The van der Waals surface area contributed by atoms with Gasteiger partial charge in [-0.1, -0.05) is 12.1 Å². The number of hydrogen-bond acceptors (Lipinski definition) is 3. The molecule has 0 spiro atoms. The first kappa shape index (κ1) is 12.9. The average Bonchev–Trinajstić information content (AvgIpc) is 2.25. The van der Waals surface area contributed by atoms with E-state index in [-0.39, 0.29) is 6.54 Å². The second-order valence-electron chi connectivity index (χ2n) is 3.04. The molecular weight excluding hydrogens is 325 g/mol. The fourth-order valence-corrected chi connectivity index (χ4v) is 1.65. The number of aliphatic hydroxyl groups is 1. The topological polar surface area (TPSA) is 86.6 Å². The van der Waals surface area contributed by atoms with Gasteiger partial charge in [0.25, 0.3) is 5.91 Å². The van der Waals surface area contributed by atoms with Crippen LogP contribution in [0, 0.1) is 3.57 Å². The molecule has 1 rings (SSSR count). The Bertz CT molecular complexity index is 408. The number of nitrogens with one attached hydrogen (secondary N) is 1. The van der Waals surface area contributed by atoms with Gasteiger partial charge < -0.3 is 15.5 Å². The van der Waals surface area contributed by atoms with Crippen molar-refractivity contribution in [3.8, 4) is 0 Å². The fourth-order valence-electron chi connectivity index (χ4n) is 1.02. The lowest BCUT2D eigenvalue weighted by molar-refractivity contribution is -0.146. The Hall–Kier alpha value is -1.15. The molecule has 1 aromatic rings. The summed E-state index contributed by atoms with van der Waals surface area (Å²) in [4.78, 5) is 21.9. The van der Waals surface area contributed by atoms with Crippen LogP contribution < -0.4 is 5.32 Å². The molecule has 0 radical (unpaired) electrons. The van der Waals surface area contributed by atoms with Gasteiger partial charge in [-0.25, -0.2) is 4.79 Å². The number of amides is 1. The minimum absolute atomic E-state index is 0.306. The number of benzene rings is 1. The molecule has 1 aromatic carbocycles. The summed E-state index contributed by atoms with van der Waals surface area (Å²) >= 11 is 2.01. The van der Waals surface area contributed by atoms with E-state index < -0.39 is 18.0 Å². The minimum Gasteiger partial charge on any atom is -0.479 e. The maximum atomic E-state index is 11.6.